The van der Waals surface area contributed by atoms with Crippen molar-refractivity contribution in [1.29, 1.82) is 0 Å². The number of carboxylic acids is 2. The molecule has 0 radical (unpaired) electrons. The number of fused-ring (bicyclic) bond motifs is 2. The van der Waals surface area contributed by atoms with Crippen molar-refractivity contribution in [3.63, 3.8) is 0 Å². The number of H-pyrrole nitrogens is 2. The first-order chi connectivity index (χ1) is 23.6. The van der Waals surface area contributed by atoms with Crippen molar-refractivity contribution < 1.29 is 48.0 Å². The molecule has 0 amide bonds. The SMILES string of the molecule is COc1cc(CO)cc(COc2ccc3[nH]cc(CC(=O)O)c3c2)c1.O=C(CC(C(=O)O)c1c[nH]c2ccccc12)c1ccc(F)cc1F. The third kappa shape index (κ3) is 8.29. The molecule has 0 fully saturated rings. The molecule has 0 aliphatic rings. The standard InChI is InChI=1S/C19H19NO5.C18H13F2NO3/c1-24-16-5-12(10-21)4-13(6-16)11-25-15-2-3-18-17(8-15)14(9-20-18)7-19(22)23;19-10-5-6-12(15(20)7-10)17(22)8-13(18(23)24)14-9-21-16-4-2-1-3-11(14)16/h2-6,8-9,20-21H,7,10-11H2,1H3,(H,22,23);1-7,9,13,21H,8H2,(H,23,24). The number of methoxy groups -OCH3 is 1. The van der Waals surface area contributed by atoms with E-state index in [1.807, 2.05) is 30.3 Å². The minimum absolute atomic E-state index is 0.0425. The van der Waals surface area contributed by atoms with Gasteiger partial charge in [-0.25, -0.2) is 8.78 Å². The maximum absolute atomic E-state index is 13.7. The van der Waals surface area contributed by atoms with Crippen molar-refractivity contribution in [2.24, 2.45) is 0 Å². The third-order valence-corrected chi connectivity index (χ3v) is 7.85. The highest BCUT2D eigenvalue weighted by molar-refractivity contribution is 6.00. The number of aromatic nitrogens is 2. The van der Waals surface area contributed by atoms with Crippen molar-refractivity contribution >= 4 is 39.5 Å². The molecule has 0 saturated heterocycles. The molecule has 6 aromatic rings. The van der Waals surface area contributed by atoms with Gasteiger partial charge in [-0.2, -0.15) is 0 Å². The average Bonchev–Trinajstić information content (AvgIpc) is 3.69. The van der Waals surface area contributed by atoms with Gasteiger partial charge in [-0.1, -0.05) is 18.2 Å². The van der Waals surface area contributed by atoms with Crippen LogP contribution in [0.2, 0.25) is 0 Å². The fraction of sp³-hybridized carbons (Fsp3) is 0.162. The maximum atomic E-state index is 13.7. The summed E-state index contributed by atoms with van der Waals surface area (Å²) >= 11 is 0. The molecule has 49 heavy (non-hydrogen) atoms. The number of aliphatic hydroxyl groups excluding tert-OH is 1. The number of carbonyl (C=O) groups is 3. The van der Waals surface area contributed by atoms with Crippen LogP contribution in [0, 0.1) is 11.6 Å². The number of hydrogen-bond acceptors (Lipinski definition) is 6. The molecule has 0 bridgehead atoms. The van der Waals surface area contributed by atoms with E-state index in [0.717, 1.165) is 45.2 Å². The van der Waals surface area contributed by atoms with Crippen LogP contribution in [0.3, 0.4) is 0 Å². The lowest BCUT2D eigenvalue weighted by molar-refractivity contribution is -0.139. The zero-order valence-electron chi connectivity index (χ0n) is 26.2. The number of para-hydroxylation sites is 1. The smallest absolute Gasteiger partial charge is 0.311 e. The van der Waals surface area contributed by atoms with Crippen LogP contribution in [0.15, 0.2) is 91.3 Å². The molecule has 5 N–H and O–H groups in total. The van der Waals surface area contributed by atoms with Crippen LogP contribution in [0.25, 0.3) is 21.8 Å². The van der Waals surface area contributed by atoms with Gasteiger partial charge in [0, 0.05) is 46.7 Å². The van der Waals surface area contributed by atoms with Crippen LogP contribution in [0.5, 0.6) is 11.5 Å². The lowest BCUT2D eigenvalue weighted by Gasteiger charge is -2.11. The zero-order valence-corrected chi connectivity index (χ0v) is 26.2. The topological polar surface area (TPSA) is 162 Å². The largest absolute Gasteiger partial charge is 0.497 e. The number of halogens is 2. The quantitative estimate of drug-likeness (QED) is 0.0892. The summed E-state index contributed by atoms with van der Waals surface area (Å²) in [6, 6.07) is 20.7. The summed E-state index contributed by atoms with van der Waals surface area (Å²) in [5, 5.41) is 29.3. The van der Waals surface area contributed by atoms with Crippen LogP contribution in [-0.2, 0) is 29.2 Å². The van der Waals surface area contributed by atoms with Crippen LogP contribution in [-0.4, -0.2) is 50.1 Å². The van der Waals surface area contributed by atoms with Crippen molar-refractivity contribution in [3.8, 4) is 11.5 Å². The Kier molecular flexibility index (Phi) is 10.7. The number of hydrogen-bond donors (Lipinski definition) is 5. The Labute approximate surface area is 278 Å². The number of ketones is 1. The second-order valence-corrected chi connectivity index (χ2v) is 11.2. The molecule has 1 atom stereocenters. The molecule has 6 rings (SSSR count). The highest BCUT2D eigenvalue weighted by Gasteiger charge is 2.27. The molecule has 0 aliphatic carbocycles. The molecule has 2 aromatic heterocycles. The molecule has 12 heteroatoms. The number of ether oxygens (including phenoxy) is 2. The van der Waals surface area contributed by atoms with E-state index in [0.29, 0.717) is 35.1 Å². The fourth-order valence-corrected chi connectivity index (χ4v) is 5.47. The number of aliphatic carboxylic acids is 2. The molecule has 0 spiro atoms. The molecule has 0 saturated carbocycles. The highest BCUT2D eigenvalue weighted by atomic mass is 19.1. The minimum Gasteiger partial charge on any atom is -0.497 e. The van der Waals surface area contributed by atoms with Gasteiger partial charge in [-0.3, -0.25) is 14.4 Å². The summed E-state index contributed by atoms with van der Waals surface area (Å²) in [4.78, 5) is 40.9. The summed E-state index contributed by atoms with van der Waals surface area (Å²) in [6.07, 6.45) is 2.79. The molecule has 2 heterocycles. The Hall–Kier alpha value is -6.01. The Balaban J connectivity index is 0.000000191. The van der Waals surface area contributed by atoms with E-state index in [9.17, 15) is 33.4 Å². The summed E-state index contributed by atoms with van der Waals surface area (Å²) < 4.78 is 37.7. The highest BCUT2D eigenvalue weighted by Crippen LogP contribution is 2.30. The Morgan fingerprint density at radius 2 is 1.55 bits per heavy atom. The van der Waals surface area contributed by atoms with E-state index in [-0.39, 0.29) is 18.6 Å². The number of aromatic amines is 2. The maximum Gasteiger partial charge on any atom is 0.311 e. The average molecular weight is 671 g/mol. The number of carbonyl (C=O) groups excluding carboxylic acids is 1. The second-order valence-electron chi connectivity index (χ2n) is 11.2. The van der Waals surface area contributed by atoms with E-state index < -0.39 is 41.7 Å². The summed E-state index contributed by atoms with van der Waals surface area (Å²) in [7, 11) is 1.57. The van der Waals surface area contributed by atoms with Crippen molar-refractivity contribution in [3.05, 3.63) is 131 Å². The van der Waals surface area contributed by atoms with E-state index in [2.05, 4.69) is 9.97 Å². The summed E-state index contributed by atoms with van der Waals surface area (Å²) in [5.74, 6) is -4.36. The van der Waals surface area contributed by atoms with E-state index in [1.54, 1.807) is 43.6 Å². The molecule has 10 nitrogen and oxygen atoms in total. The summed E-state index contributed by atoms with van der Waals surface area (Å²) in [6.45, 7) is 0.243. The van der Waals surface area contributed by atoms with Gasteiger partial charge in [-0.15, -0.1) is 0 Å². The van der Waals surface area contributed by atoms with Crippen LogP contribution in [0.4, 0.5) is 8.78 Å². The number of nitrogens with one attached hydrogen (secondary N) is 2. The van der Waals surface area contributed by atoms with Crippen molar-refractivity contribution in [1.82, 2.24) is 9.97 Å². The van der Waals surface area contributed by atoms with E-state index in [4.69, 9.17) is 14.6 Å². The van der Waals surface area contributed by atoms with Gasteiger partial charge >= 0.3 is 11.9 Å². The van der Waals surface area contributed by atoms with E-state index in [1.165, 1.54) is 6.20 Å². The van der Waals surface area contributed by atoms with E-state index >= 15 is 0 Å². The Bertz CT molecular complexity index is 2120. The van der Waals surface area contributed by atoms with Crippen LogP contribution < -0.4 is 9.47 Å². The number of rotatable bonds is 12. The predicted octanol–water partition coefficient (Wildman–Crippen LogP) is 6.76. The number of benzene rings is 4. The van der Waals surface area contributed by atoms with Gasteiger partial charge in [0.2, 0.25) is 0 Å². The first-order valence-electron chi connectivity index (χ1n) is 15.1. The fourth-order valence-electron chi connectivity index (χ4n) is 5.47. The Morgan fingerprint density at radius 3 is 2.27 bits per heavy atom. The van der Waals surface area contributed by atoms with Gasteiger partial charge in [0.05, 0.1) is 31.6 Å². The van der Waals surface area contributed by atoms with Crippen molar-refractivity contribution in [2.45, 2.75) is 32.0 Å². The lowest BCUT2D eigenvalue weighted by atomic mass is 9.91. The monoisotopic (exact) mass is 670 g/mol. The predicted molar refractivity (Wildman–Crippen MR) is 177 cm³/mol. The first-order valence-corrected chi connectivity index (χ1v) is 15.1. The molecule has 0 aliphatic heterocycles. The Morgan fingerprint density at radius 1 is 0.816 bits per heavy atom. The van der Waals surface area contributed by atoms with Gasteiger partial charge in [0.15, 0.2) is 5.78 Å². The second kappa shape index (κ2) is 15.3. The molecule has 1 unspecified atom stereocenters. The van der Waals surface area contributed by atoms with Gasteiger partial charge in [-0.05, 0) is 76.9 Å². The number of carboxylic acid groups (broad SMARTS) is 2. The number of aliphatic hydroxyl groups is 1. The van der Waals surface area contributed by atoms with Crippen molar-refractivity contribution in [2.75, 3.05) is 7.11 Å². The van der Waals surface area contributed by atoms with Gasteiger partial charge < -0.3 is 34.8 Å². The molecular formula is C37H32F2N2O8. The number of Topliss-reactive ketones (excluding diaryl/α,β-unsaturated/α-hetero) is 1. The lowest BCUT2D eigenvalue weighted by Crippen LogP contribution is -2.17. The third-order valence-electron chi connectivity index (χ3n) is 7.85. The van der Waals surface area contributed by atoms with Gasteiger partial charge in [0.1, 0.15) is 29.7 Å². The van der Waals surface area contributed by atoms with Crippen LogP contribution >= 0.6 is 0 Å². The van der Waals surface area contributed by atoms with Gasteiger partial charge in [0.25, 0.3) is 0 Å². The summed E-state index contributed by atoms with van der Waals surface area (Å²) in [5.41, 5.74) is 4.10. The zero-order chi connectivity index (χ0) is 35.1. The molecular weight excluding hydrogens is 638 g/mol. The molecule has 4 aromatic carbocycles. The normalized spacial score (nSPS) is 11.5. The molecule has 252 valence electrons. The minimum atomic E-state index is -1.18. The first kappa shape index (κ1) is 34.3. The van der Waals surface area contributed by atoms with Crippen LogP contribution in [0.1, 0.15) is 45.0 Å².